The fourth-order valence-corrected chi connectivity index (χ4v) is 9.27. The zero-order chi connectivity index (χ0) is 33.3. The molecule has 3 saturated heterocycles. The van der Waals surface area contributed by atoms with Crippen molar-refractivity contribution < 1.29 is 27.4 Å². The van der Waals surface area contributed by atoms with Crippen LogP contribution < -0.4 is 20.1 Å². The van der Waals surface area contributed by atoms with Crippen LogP contribution in [-0.2, 0) is 4.74 Å². The summed E-state index contributed by atoms with van der Waals surface area (Å²) in [6, 6.07) is 3.99. The Bertz CT molecular complexity index is 2020. The summed E-state index contributed by atoms with van der Waals surface area (Å²) in [5.41, 5.74) is 5.58. The molecule has 8 rings (SSSR count). The van der Waals surface area contributed by atoms with Crippen LogP contribution in [0.4, 0.5) is 24.0 Å². The summed E-state index contributed by atoms with van der Waals surface area (Å²) in [6.45, 7) is 6.48. The highest BCUT2D eigenvalue weighted by Gasteiger charge is 2.49. The minimum Gasteiger partial charge on any atom is -0.489 e. The van der Waals surface area contributed by atoms with Gasteiger partial charge < -0.3 is 24.8 Å². The molecule has 2 N–H and O–H groups in total. The van der Waals surface area contributed by atoms with E-state index in [1.807, 2.05) is 11.0 Å². The lowest BCUT2D eigenvalue weighted by Gasteiger charge is -2.38. The van der Waals surface area contributed by atoms with Crippen molar-refractivity contribution in [3.8, 4) is 29.0 Å². The number of fused-ring (bicyclic) bond motifs is 2. The predicted octanol–water partition coefficient (Wildman–Crippen LogP) is 6.78. The maximum absolute atomic E-state index is 17.3. The number of rotatable bonds is 6. The third kappa shape index (κ3) is 4.79. The zero-order valence-corrected chi connectivity index (χ0v) is 27.5. The molecule has 0 aliphatic carbocycles. The van der Waals surface area contributed by atoms with Crippen molar-refractivity contribution in [3.63, 3.8) is 0 Å². The number of benzene rings is 2. The van der Waals surface area contributed by atoms with Crippen LogP contribution >= 0.6 is 22.9 Å². The first kappa shape index (κ1) is 31.4. The van der Waals surface area contributed by atoms with Crippen LogP contribution in [0.15, 0.2) is 24.8 Å². The van der Waals surface area contributed by atoms with Gasteiger partial charge in [-0.25, -0.2) is 13.2 Å². The Labute approximate surface area is 283 Å². The van der Waals surface area contributed by atoms with E-state index in [2.05, 4.69) is 16.5 Å². The third-order valence-corrected chi connectivity index (χ3v) is 11.6. The first-order chi connectivity index (χ1) is 23.2. The largest absolute Gasteiger partial charge is 0.489 e. The van der Waals surface area contributed by atoms with Crippen molar-refractivity contribution in [1.82, 2.24) is 14.9 Å². The van der Waals surface area contributed by atoms with Crippen molar-refractivity contribution in [2.24, 2.45) is 0 Å². The van der Waals surface area contributed by atoms with Crippen LogP contribution in [0.5, 0.6) is 11.8 Å². The van der Waals surface area contributed by atoms with Gasteiger partial charge in [0.2, 0.25) is 0 Å². The van der Waals surface area contributed by atoms with Crippen LogP contribution in [0.3, 0.4) is 0 Å². The van der Waals surface area contributed by atoms with Gasteiger partial charge in [0.15, 0.2) is 11.6 Å². The van der Waals surface area contributed by atoms with Gasteiger partial charge in [-0.1, -0.05) is 23.7 Å². The highest BCUT2D eigenvalue weighted by molar-refractivity contribution is 7.23. The summed E-state index contributed by atoms with van der Waals surface area (Å²) < 4.78 is 65.5. The van der Waals surface area contributed by atoms with E-state index in [-0.39, 0.29) is 78.7 Å². The number of anilines is 2. The van der Waals surface area contributed by atoms with Gasteiger partial charge in [0.1, 0.15) is 47.6 Å². The van der Waals surface area contributed by atoms with E-state index < -0.39 is 29.4 Å². The van der Waals surface area contributed by atoms with Gasteiger partial charge in [0.05, 0.1) is 44.9 Å². The van der Waals surface area contributed by atoms with Gasteiger partial charge in [-0.05, 0) is 43.9 Å². The molecule has 0 bridgehead atoms. The van der Waals surface area contributed by atoms with Gasteiger partial charge in [-0.15, -0.1) is 17.9 Å². The number of alkyl halides is 1. The van der Waals surface area contributed by atoms with Crippen molar-refractivity contribution in [2.75, 3.05) is 50.2 Å². The van der Waals surface area contributed by atoms with Crippen molar-refractivity contribution in [2.45, 2.75) is 55.9 Å². The lowest BCUT2D eigenvalue weighted by atomic mass is 9.95. The number of ether oxygens (including phenoxy) is 3. The maximum Gasteiger partial charge on any atom is 0.319 e. The molecule has 2 aromatic carbocycles. The average molecular weight is 697 g/mol. The van der Waals surface area contributed by atoms with E-state index in [0.29, 0.717) is 32.0 Å². The molecule has 0 amide bonds. The SMILES string of the molecule is C=C[C@H]1COc2c(Cl)c(-c3ccc(F)c4sc(N)c(C#N)c34)c(F)c3nc(OC[C@@]45CCCN4C[C@H](F)C5)nc(c23)N1C1CCCOC1. The van der Waals surface area contributed by atoms with Gasteiger partial charge in [-0.2, -0.15) is 15.2 Å². The fraction of sp³-hybridized carbons (Fsp3) is 0.441. The Morgan fingerprint density at radius 3 is 2.88 bits per heavy atom. The van der Waals surface area contributed by atoms with E-state index in [1.165, 1.54) is 12.1 Å². The molecule has 4 atom stereocenters. The minimum atomic E-state index is -0.954. The molecule has 4 aliphatic heterocycles. The standard InChI is InChI=1S/C34H32ClF3N6O3S/c1-2-18-15-46-29-25-28(27(38)24(26(29)35)20-6-7-22(37)30-23(20)21(12-39)31(40)48-30)41-33(42-32(25)44(18)19-5-3-10-45-14-19)47-16-34-8-4-9-43(34)13-17(36)11-34/h2,6-7,17-19H,1,3-5,8-11,13-16,40H2/t17-,18+,19?,34+/m1/s1. The molecular formula is C34H32ClF3N6O3S. The summed E-state index contributed by atoms with van der Waals surface area (Å²) in [7, 11) is 0. The fourth-order valence-electron chi connectivity index (χ4n) is 7.99. The summed E-state index contributed by atoms with van der Waals surface area (Å²) in [5, 5.41) is 10.4. The number of nitriles is 1. The number of nitrogens with zero attached hydrogens (tertiary/aromatic N) is 5. The molecule has 48 heavy (non-hydrogen) atoms. The van der Waals surface area contributed by atoms with Crippen LogP contribution in [0.2, 0.25) is 5.02 Å². The highest BCUT2D eigenvalue weighted by atomic mass is 35.5. The van der Waals surface area contributed by atoms with Crippen LogP contribution in [-0.4, -0.2) is 78.2 Å². The number of aromatic nitrogens is 2. The number of hydrogen-bond acceptors (Lipinski definition) is 10. The molecule has 0 radical (unpaired) electrons. The van der Waals surface area contributed by atoms with Crippen LogP contribution in [0.25, 0.3) is 32.1 Å². The summed E-state index contributed by atoms with van der Waals surface area (Å²) in [5.74, 6) is -0.917. The second-order valence-electron chi connectivity index (χ2n) is 12.9. The van der Waals surface area contributed by atoms with Gasteiger partial charge in [-0.3, -0.25) is 4.90 Å². The van der Waals surface area contributed by atoms with E-state index in [1.54, 1.807) is 6.08 Å². The molecule has 2 aromatic heterocycles. The van der Waals surface area contributed by atoms with E-state index >= 15 is 8.78 Å². The lowest BCUT2D eigenvalue weighted by Crippen LogP contribution is -2.49. The normalized spacial score (nSPS) is 25.6. The Hall–Kier alpha value is -3.83. The summed E-state index contributed by atoms with van der Waals surface area (Å²) >= 11 is 7.97. The topological polar surface area (TPSA) is 110 Å². The minimum absolute atomic E-state index is 0.0255. The molecule has 9 nitrogen and oxygen atoms in total. The molecule has 3 fully saturated rings. The summed E-state index contributed by atoms with van der Waals surface area (Å²) in [4.78, 5) is 13.6. The summed E-state index contributed by atoms with van der Waals surface area (Å²) in [6.07, 6.45) is 4.44. The Morgan fingerprint density at radius 2 is 2.10 bits per heavy atom. The number of nitrogen functional groups attached to an aromatic ring is 1. The second-order valence-corrected chi connectivity index (χ2v) is 14.3. The Kier molecular flexibility index (Phi) is 7.82. The molecule has 6 heterocycles. The van der Waals surface area contributed by atoms with E-state index in [9.17, 15) is 9.65 Å². The first-order valence-electron chi connectivity index (χ1n) is 16.0. The monoisotopic (exact) mass is 696 g/mol. The van der Waals surface area contributed by atoms with Gasteiger partial charge in [0, 0.05) is 30.5 Å². The number of nitrogens with two attached hydrogens (primary N) is 1. The molecule has 14 heteroatoms. The maximum atomic E-state index is 17.3. The van der Waals surface area contributed by atoms with Gasteiger partial charge >= 0.3 is 6.01 Å². The second kappa shape index (κ2) is 11.9. The number of halogens is 4. The average Bonchev–Trinajstić information content (AvgIpc) is 3.69. The number of thiophene rings is 1. The third-order valence-electron chi connectivity index (χ3n) is 10.2. The van der Waals surface area contributed by atoms with Crippen LogP contribution in [0.1, 0.15) is 37.7 Å². The molecule has 4 aliphatic rings. The highest BCUT2D eigenvalue weighted by Crippen LogP contribution is 2.51. The number of hydrogen-bond donors (Lipinski definition) is 1. The van der Waals surface area contributed by atoms with Crippen molar-refractivity contribution in [3.05, 3.63) is 47.0 Å². The van der Waals surface area contributed by atoms with E-state index in [4.69, 9.17) is 36.5 Å². The van der Waals surface area contributed by atoms with Gasteiger partial charge in [0.25, 0.3) is 0 Å². The molecule has 0 saturated carbocycles. The molecule has 250 valence electrons. The Morgan fingerprint density at radius 1 is 1.25 bits per heavy atom. The van der Waals surface area contributed by atoms with Crippen molar-refractivity contribution >= 4 is 54.7 Å². The van der Waals surface area contributed by atoms with Crippen molar-refractivity contribution in [1.29, 1.82) is 5.26 Å². The quantitative estimate of drug-likeness (QED) is 0.218. The van der Waals surface area contributed by atoms with E-state index in [0.717, 1.165) is 43.6 Å². The smallest absolute Gasteiger partial charge is 0.319 e. The first-order valence-corrected chi connectivity index (χ1v) is 17.2. The van der Waals surface area contributed by atoms with Crippen LogP contribution in [0, 0.1) is 23.0 Å². The molecule has 4 aromatic rings. The molecular weight excluding hydrogens is 665 g/mol. The zero-order valence-electron chi connectivity index (χ0n) is 25.9. The molecule has 1 unspecified atom stereocenters. The predicted molar refractivity (Wildman–Crippen MR) is 179 cm³/mol. The molecule has 0 spiro atoms. The Balaban J connectivity index is 1.37. The lowest BCUT2D eigenvalue weighted by molar-refractivity contribution is 0.0763.